The molecule has 0 bridgehead atoms. The van der Waals surface area contributed by atoms with E-state index in [1.807, 2.05) is 37.3 Å². The summed E-state index contributed by atoms with van der Waals surface area (Å²) >= 11 is 0. The summed E-state index contributed by atoms with van der Waals surface area (Å²) in [4.78, 5) is 26.7. The predicted octanol–water partition coefficient (Wildman–Crippen LogP) is 9.85. The van der Waals surface area contributed by atoms with Gasteiger partial charge in [-0.15, -0.1) is 0 Å². The Balaban J connectivity index is 1.35. The number of rotatable bonds is 5. The average molecular weight is 603 g/mol. The smallest absolute Gasteiger partial charge is 0.313 e. The Morgan fingerprint density at radius 2 is 1.55 bits per heavy atom. The van der Waals surface area contributed by atoms with Crippen molar-refractivity contribution in [1.82, 2.24) is 0 Å². The van der Waals surface area contributed by atoms with Crippen LogP contribution in [0, 0.1) is 50.2 Å². The van der Waals surface area contributed by atoms with Crippen molar-refractivity contribution in [3.63, 3.8) is 0 Å². The highest BCUT2D eigenvalue weighted by Gasteiger charge is 2.69. The van der Waals surface area contributed by atoms with Crippen molar-refractivity contribution >= 4 is 11.9 Å². The maximum Gasteiger partial charge on any atom is 0.313 e. The van der Waals surface area contributed by atoms with Crippen molar-refractivity contribution in [3.8, 4) is 0 Å². The molecule has 4 saturated carbocycles. The summed E-state index contributed by atoms with van der Waals surface area (Å²) in [6.45, 7) is 19.6. The highest BCUT2D eigenvalue weighted by Crippen LogP contribution is 2.76. The minimum Gasteiger partial charge on any atom is -0.462 e. The van der Waals surface area contributed by atoms with E-state index < -0.39 is 5.41 Å². The number of allylic oxidation sites excluding steroid dienone is 2. The zero-order chi connectivity index (χ0) is 31.8. The second-order valence-corrected chi connectivity index (χ2v) is 17.8. The van der Waals surface area contributed by atoms with Gasteiger partial charge in [-0.25, -0.2) is 0 Å². The number of carbonyl (C=O) groups is 2. The first-order valence-electron chi connectivity index (χ1n) is 17.7. The van der Waals surface area contributed by atoms with Crippen LogP contribution in [0.15, 0.2) is 42.0 Å². The minimum atomic E-state index is -0.424. The molecule has 0 heterocycles. The van der Waals surface area contributed by atoms with E-state index in [-0.39, 0.29) is 51.0 Å². The number of fused-ring (bicyclic) bond motifs is 7. The molecule has 4 nitrogen and oxygen atoms in total. The molecule has 0 unspecified atom stereocenters. The summed E-state index contributed by atoms with van der Waals surface area (Å²) in [6, 6.07) is 10.1. The van der Waals surface area contributed by atoms with Crippen molar-refractivity contribution in [2.75, 3.05) is 0 Å². The first-order valence-corrected chi connectivity index (χ1v) is 17.7. The van der Waals surface area contributed by atoms with E-state index in [1.165, 1.54) is 12.8 Å². The van der Waals surface area contributed by atoms with Gasteiger partial charge in [0.25, 0.3) is 0 Å². The van der Waals surface area contributed by atoms with E-state index in [9.17, 15) is 9.59 Å². The normalized spacial score (nSPS) is 42.0. The van der Waals surface area contributed by atoms with Crippen LogP contribution in [-0.4, -0.2) is 18.0 Å². The SMILES string of the molecule is CCC(=O)O[C@@H]1CC(C)(C)[C@@H]2CC[C@]3(C)[C@H](CC=C4[C@@H]5CC(C)(C)CC[C@]5(C(=O)OCc5ccccc5)CC[C@]43C)[C@@]2(C)C1. The van der Waals surface area contributed by atoms with Crippen LogP contribution < -0.4 is 0 Å². The lowest BCUT2D eigenvalue weighted by Gasteiger charge is -2.71. The Labute approximate surface area is 267 Å². The van der Waals surface area contributed by atoms with Crippen LogP contribution in [0.2, 0.25) is 0 Å². The predicted molar refractivity (Wildman–Crippen MR) is 175 cm³/mol. The van der Waals surface area contributed by atoms with Gasteiger partial charge in [-0.2, -0.15) is 0 Å². The molecule has 0 spiro atoms. The first kappa shape index (κ1) is 31.9. The Bertz CT molecular complexity index is 1310. The van der Waals surface area contributed by atoms with Crippen LogP contribution in [0.5, 0.6) is 0 Å². The molecule has 0 N–H and O–H groups in total. The third-order valence-corrected chi connectivity index (χ3v) is 14.5. The fraction of sp³-hybridized carbons (Fsp3) is 0.750. The van der Waals surface area contributed by atoms with Crippen LogP contribution in [0.4, 0.5) is 0 Å². The van der Waals surface area contributed by atoms with E-state index in [0.717, 1.165) is 56.9 Å². The van der Waals surface area contributed by atoms with Gasteiger partial charge in [0, 0.05) is 6.42 Å². The van der Waals surface area contributed by atoms with Gasteiger partial charge in [0.15, 0.2) is 0 Å². The molecule has 44 heavy (non-hydrogen) atoms. The lowest BCUT2D eigenvalue weighted by Crippen LogP contribution is -2.65. The number of esters is 2. The Kier molecular flexibility index (Phi) is 7.77. The molecule has 0 amide bonds. The second kappa shape index (κ2) is 10.7. The van der Waals surface area contributed by atoms with Gasteiger partial charge in [0.05, 0.1) is 5.41 Å². The van der Waals surface area contributed by atoms with Crippen molar-refractivity contribution < 1.29 is 19.1 Å². The summed E-state index contributed by atoms with van der Waals surface area (Å²) in [5, 5.41) is 0. The fourth-order valence-corrected chi connectivity index (χ4v) is 12.1. The molecule has 4 heteroatoms. The number of carbonyl (C=O) groups excluding carboxylic acids is 2. The van der Waals surface area contributed by atoms with E-state index >= 15 is 0 Å². The third kappa shape index (κ3) is 4.82. The molecule has 1 aromatic rings. The number of benzene rings is 1. The fourth-order valence-electron chi connectivity index (χ4n) is 12.1. The van der Waals surface area contributed by atoms with E-state index in [2.05, 4.69) is 54.5 Å². The van der Waals surface area contributed by atoms with Gasteiger partial charge in [-0.1, -0.05) is 97.4 Å². The largest absolute Gasteiger partial charge is 0.462 e. The summed E-state index contributed by atoms with van der Waals surface area (Å²) in [6.07, 6.45) is 13.5. The highest BCUT2D eigenvalue weighted by molar-refractivity contribution is 5.79. The van der Waals surface area contributed by atoms with Gasteiger partial charge < -0.3 is 9.47 Å². The van der Waals surface area contributed by atoms with Crippen molar-refractivity contribution in [2.45, 2.75) is 139 Å². The highest BCUT2D eigenvalue weighted by atomic mass is 16.5. The standard InChI is InChI=1S/C40H58O4/c1-9-33(41)44-28-23-36(4,5)31-17-18-39(8)32(37(31,6)24-28)16-15-29-30-25-35(2,3)19-21-40(30,22-20-38(29,39)7)34(42)43-26-27-13-11-10-12-14-27/h10-15,28,30-32H,9,16-26H2,1-8H3/t28-,30+,31+,32-,37+,38-,39-,40+/m1/s1. The lowest BCUT2D eigenvalue weighted by atomic mass is 9.33. The van der Waals surface area contributed by atoms with Crippen LogP contribution in [0.25, 0.3) is 0 Å². The molecular weight excluding hydrogens is 544 g/mol. The van der Waals surface area contributed by atoms with Crippen LogP contribution in [0.1, 0.15) is 132 Å². The Morgan fingerprint density at radius 1 is 0.841 bits per heavy atom. The van der Waals surface area contributed by atoms with Gasteiger partial charge in [0.1, 0.15) is 12.7 Å². The van der Waals surface area contributed by atoms with Gasteiger partial charge in [-0.05, 0) is 115 Å². The minimum absolute atomic E-state index is 0.00299. The summed E-state index contributed by atoms with van der Waals surface area (Å²) < 4.78 is 12.3. The molecular formula is C40H58O4. The molecule has 0 aliphatic heterocycles. The molecule has 1 aromatic carbocycles. The van der Waals surface area contributed by atoms with Crippen molar-refractivity contribution in [1.29, 1.82) is 0 Å². The summed E-state index contributed by atoms with van der Waals surface area (Å²) in [5.74, 6) is 1.35. The summed E-state index contributed by atoms with van der Waals surface area (Å²) in [5.41, 5.74) is 2.83. The average Bonchev–Trinajstić information content (AvgIpc) is 2.95. The van der Waals surface area contributed by atoms with Gasteiger partial charge >= 0.3 is 11.9 Å². The van der Waals surface area contributed by atoms with Crippen molar-refractivity contribution in [2.24, 2.45) is 50.2 Å². The van der Waals surface area contributed by atoms with Gasteiger partial charge in [-0.3, -0.25) is 9.59 Å². The molecule has 242 valence electrons. The number of hydrogen-bond donors (Lipinski definition) is 0. The second-order valence-electron chi connectivity index (χ2n) is 17.8. The molecule has 4 fully saturated rings. The molecule has 8 atom stereocenters. The molecule has 5 aliphatic carbocycles. The van der Waals surface area contributed by atoms with Crippen LogP contribution >= 0.6 is 0 Å². The maximum absolute atomic E-state index is 14.2. The van der Waals surface area contributed by atoms with Crippen LogP contribution in [0.3, 0.4) is 0 Å². The van der Waals surface area contributed by atoms with E-state index in [4.69, 9.17) is 9.47 Å². The number of ether oxygens (including phenoxy) is 2. The lowest BCUT2D eigenvalue weighted by molar-refractivity contribution is -0.208. The molecule has 6 rings (SSSR count). The topological polar surface area (TPSA) is 52.6 Å². The Hall–Kier alpha value is -2.10. The number of hydrogen-bond acceptors (Lipinski definition) is 4. The molecule has 0 aromatic heterocycles. The quantitative estimate of drug-likeness (QED) is 0.249. The summed E-state index contributed by atoms with van der Waals surface area (Å²) in [7, 11) is 0. The molecule has 5 aliphatic rings. The van der Waals surface area contributed by atoms with E-state index in [0.29, 0.717) is 24.9 Å². The third-order valence-electron chi connectivity index (χ3n) is 14.5. The maximum atomic E-state index is 14.2. The zero-order valence-electron chi connectivity index (χ0n) is 28.9. The van der Waals surface area contributed by atoms with Gasteiger partial charge in [0.2, 0.25) is 0 Å². The molecule has 0 radical (unpaired) electrons. The monoisotopic (exact) mass is 602 g/mol. The van der Waals surface area contributed by atoms with Crippen molar-refractivity contribution in [3.05, 3.63) is 47.5 Å². The Morgan fingerprint density at radius 3 is 2.25 bits per heavy atom. The van der Waals surface area contributed by atoms with Crippen LogP contribution in [-0.2, 0) is 25.7 Å². The first-order chi connectivity index (χ1) is 20.6. The van der Waals surface area contributed by atoms with E-state index in [1.54, 1.807) is 5.57 Å². The molecule has 0 saturated heterocycles. The zero-order valence-corrected chi connectivity index (χ0v) is 28.9.